The van der Waals surface area contributed by atoms with Gasteiger partial charge in [0.05, 0.1) is 10.4 Å². The highest BCUT2D eigenvalue weighted by Crippen LogP contribution is 2.30. The molecular formula is C13H9F3N2O2S. The van der Waals surface area contributed by atoms with Crippen molar-refractivity contribution in [3.63, 3.8) is 0 Å². The molecule has 0 unspecified atom stereocenters. The fourth-order valence-electron chi connectivity index (χ4n) is 1.49. The van der Waals surface area contributed by atoms with Gasteiger partial charge in [-0.15, -0.1) is 11.3 Å². The van der Waals surface area contributed by atoms with E-state index in [9.17, 15) is 22.8 Å². The number of halogens is 3. The fourth-order valence-corrected chi connectivity index (χ4v) is 2.33. The van der Waals surface area contributed by atoms with Gasteiger partial charge in [0.1, 0.15) is 5.82 Å². The van der Waals surface area contributed by atoms with Gasteiger partial charge in [0.2, 0.25) is 0 Å². The Balaban J connectivity index is 2.17. The number of aromatic nitrogens is 1. The standard InChI is InChI=1S/C13H9F3N2O2S/c1-7(19)8-4-10(21-6-8)12(20)18-11-5-9(2-3-17-11)13(14,15)16/h2-6H,1H3,(H,17,18,20). The number of rotatable bonds is 3. The first-order chi connectivity index (χ1) is 9.77. The van der Waals surface area contributed by atoms with E-state index in [0.717, 1.165) is 29.7 Å². The van der Waals surface area contributed by atoms with E-state index in [1.54, 1.807) is 0 Å². The Morgan fingerprint density at radius 3 is 2.57 bits per heavy atom. The summed E-state index contributed by atoms with van der Waals surface area (Å²) in [5, 5.41) is 3.78. The summed E-state index contributed by atoms with van der Waals surface area (Å²) in [6.45, 7) is 1.36. The van der Waals surface area contributed by atoms with Crippen LogP contribution < -0.4 is 5.32 Å². The zero-order valence-electron chi connectivity index (χ0n) is 10.7. The molecule has 1 amide bonds. The Morgan fingerprint density at radius 2 is 2.00 bits per heavy atom. The number of hydrogen-bond acceptors (Lipinski definition) is 4. The number of pyridine rings is 1. The van der Waals surface area contributed by atoms with Crippen LogP contribution in [-0.2, 0) is 6.18 Å². The molecule has 0 saturated carbocycles. The van der Waals surface area contributed by atoms with Crippen molar-refractivity contribution >= 4 is 28.8 Å². The summed E-state index contributed by atoms with van der Waals surface area (Å²) in [6.07, 6.45) is -3.54. The molecule has 110 valence electrons. The molecule has 2 aromatic heterocycles. The second-order valence-corrected chi connectivity index (χ2v) is 5.05. The average Bonchev–Trinajstić information content (AvgIpc) is 2.88. The minimum atomic E-state index is -4.51. The predicted octanol–water partition coefficient (Wildman–Crippen LogP) is 3.62. The monoisotopic (exact) mass is 314 g/mol. The molecule has 2 aromatic rings. The van der Waals surface area contributed by atoms with Gasteiger partial charge in [-0.3, -0.25) is 9.59 Å². The molecule has 0 atom stereocenters. The topological polar surface area (TPSA) is 59.1 Å². The number of carbonyl (C=O) groups excluding carboxylic acids is 2. The normalized spacial score (nSPS) is 11.2. The van der Waals surface area contributed by atoms with Crippen LogP contribution in [-0.4, -0.2) is 16.7 Å². The van der Waals surface area contributed by atoms with Crippen molar-refractivity contribution in [2.45, 2.75) is 13.1 Å². The first kappa shape index (κ1) is 15.2. The molecule has 0 bridgehead atoms. The van der Waals surface area contributed by atoms with Crippen LogP contribution in [0.25, 0.3) is 0 Å². The van der Waals surface area contributed by atoms with E-state index in [0.29, 0.717) is 5.56 Å². The Bertz CT molecular complexity index is 695. The number of alkyl halides is 3. The van der Waals surface area contributed by atoms with Crippen LogP contribution in [0.1, 0.15) is 32.5 Å². The SMILES string of the molecule is CC(=O)c1csc(C(=O)Nc2cc(C(F)(F)F)ccn2)c1. The lowest BCUT2D eigenvalue weighted by molar-refractivity contribution is -0.137. The highest BCUT2D eigenvalue weighted by molar-refractivity contribution is 7.12. The molecule has 0 aliphatic rings. The molecule has 0 aliphatic heterocycles. The maximum Gasteiger partial charge on any atom is 0.416 e. The highest BCUT2D eigenvalue weighted by atomic mass is 32.1. The van der Waals surface area contributed by atoms with E-state index in [1.165, 1.54) is 18.4 Å². The summed E-state index contributed by atoms with van der Waals surface area (Å²) in [5.41, 5.74) is -0.523. The average molecular weight is 314 g/mol. The van der Waals surface area contributed by atoms with Gasteiger partial charge in [0.15, 0.2) is 5.78 Å². The first-order valence-corrected chi connectivity index (χ1v) is 6.59. The second kappa shape index (κ2) is 5.65. The smallest absolute Gasteiger partial charge is 0.306 e. The van der Waals surface area contributed by atoms with Crippen molar-refractivity contribution in [3.05, 3.63) is 45.8 Å². The van der Waals surface area contributed by atoms with Crippen molar-refractivity contribution in [2.24, 2.45) is 0 Å². The summed E-state index contributed by atoms with van der Waals surface area (Å²) in [4.78, 5) is 26.9. The first-order valence-electron chi connectivity index (χ1n) is 5.71. The largest absolute Gasteiger partial charge is 0.416 e. The van der Waals surface area contributed by atoms with Gasteiger partial charge in [0.25, 0.3) is 5.91 Å². The number of amides is 1. The van der Waals surface area contributed by atoms with Gasteiger partial charge in [-0.25, -0.2) is 4.98 Å². The molecule has 1 N–H and O–H groups in total. The van der Waals surface area contributed by atoms with Crippen LogP contribution in [0.15, 0.2) is 29.8 Å². The minimum Gasteiger partial charge on any atom is -0.306 e. The van der Waals surface area contributed by atoms with E-state index < -0.39 is 17.6 Å². The number of thiophene rings is 1. The second-order valence-electron chi connectivity index (χ2n) is 4.14. The molecule has 0 fully saturated rings. The fraction of sp³-hybridized carbons (Fsp3) is 0.154. The van der Waals surface area contributed by atoms with Crippen molar-refractivity contribution in [3.8, 4) is 0 Å². The molecule has 8 heteroatoms. The number of Topliss-reactive ketones (excluding diaryl/α,β-unsaturated/α-hetero) is 1. The van der Waals surface area contributed by atoms with Crippen LogP contribution in [0.5, 0.6) is 0 Å². The highest BCUT2D eigenvalue weighted by Gasteiger charge is 2.30. The van der Waals surface area contributed by atoms with Gasteiger partial charge < -0.3 is 5.32 Å². The third-order valence-corrected chi connectivity index (χ3v) is 3.49. The Kier molecular flexibility index (Phi) is 4.08. The third-order valence-electron chi connectivity index (χ3n) is 2.56. The van der Waals surface area contributed by atoms with E-state index in [1.807, 2.05) is 0 Å². The predicted molar refractivity (Wildman–Crippen MR) is 71.5 cm³/mol. The van der Waals surface area contributed by atoms with E-state index in [-0.39, 0.29) is 16.5 Å². The summed E-state index contributed by atoms with van der Waals surface area (Å²) in [6, 6.07) is 2.95. The number of anilines is 1. The number of hydrogen-bond donors (Lipinski definition) is 1. The van der Waals surface area contributed by atoms with Crippen molar-refractivity contribution in [2.75, 3.05) is 5.32 Å². The maximum atomic E-state index is 12.5. The van der Waals surface area contributed by atoms with Crippen LogP contribution >= 0.6 is 11.3 Å². The van der Waals surface area contributed by atoms with Crippen LogP contribution in [0, 0.1) is 0 Å². The lowest BCUT2D eigenvalue weighted by Crippen LogP contribution is -2.13. The quantitative estimate of drug-likeness (QED) is 0.880. The van der Waals surface area contributed by atoms with Gasteiger partial charge in [-0.1, -0.05) is 0 Å². The number of ketones is 1. The lowest BCUT2D eigenvalue weighted by Gasteiger charge is -2.08. The Hall–Kier alpha value is -2.22. The number of carbonyl (C=O) groups is 2. The number of nitrogens with one attached hydrogen (secondary N) is 1. The molecule has 0 radical (unpaired) electrons. The van der Waals surface area contributed by atoms with Crippen molar-refractivity contribution in [1.29, 1.82) is 0 Å². The molecule has 0 aliphatic carbocycles. The Morgan fingerprint density at radius 1 is 1.29 bits per heavy atom. The molecule has 0 saturated heterocycles. The van der Waals surface area contributed by atoms with Gasteiger partial charge >= 0.3 is 6.18 Å². The van der Waals surface area contributed by atoms with E-state index in [4.69, 9.17) is 0 Å². The molecule has 0 spiro atoms. The van der Waals surface area contributed by atoms with Gasteiger partial charge in [0, 0.05) is 17.1 Å². The van der Waals surface area contributed by atoms with Gasteiger partial charge in [-0.2, -0.15) is 13.2 Å². The molecule has 0 aromatic carbocycles. The summed E-state index contributed by atoms with van der Waals surface area (Å²) < 4.78 is 37.6. The van der Waals surface area contributed by atoms with Crippen LogP contribution in [0.2, 0.25) is 0 Å². The third kappa shape index (κ3) is 3.66. The molecule has 2 heterocycles. The maximum absolute atomic E-state index is 12.5. The van der Waals surface area contributed by atoms with Crippen molar-refractivity contribution in [1.82, 2.24) is 4.98 Å². The van der Waals surface area contributed by atoms with Gasteiger partial charge in [-0.05, 0) is 25.1 Å². The summed E-state index contributed by atoms with van der Waals surface area (Å²) >= 11 is 1.03. The molecule has 2 rings (SSSR count). The van der Waals surface area contributed by atoms with Crippen LogP contribution in [0.4, 0.5) is 19.0 Å². The zero-order valence-corrected chi connectivity index (χ0v) is 11.5. The molecule has 4 nitrogen and oxygen atoms in total. The summed E-state index contributed by atoms with van der Waals surface area (Å²) in [5.74, 6) is -1.01. The number of nitrogens with zero attached hydrogens (tertiary/aromatic N) is 1. The van der Waals surface area contributed by atoms with E-state index in [2.05, 4.69) is 10.3 Å². The molecular weight excluding hydrogens is 305 g/mol. The van der Waals surface area contributed by atoms with Crippen molar-refractivity contribution < 1.29 is 22.8 Å². The van der Waals surface area contributed by atoms with E-state index >= 15 is 0 Å². The zero-order chi connectivity index (χ0) is 15.6. The summed E-state index contributed by atoms with van der Waals surface area (Å²) in [7, 11) is 0. The minimum absolute atomic E-state index is 0.192. The molecule has 21 heavy (non-hydrogen) atoms. The Labute approximate surface area is 121 Å². The van der Waals surface area contributed by atoms with Crippen LogP contribution in [0.3, 0.4) is 0 Å². The lowest BCUT2D eigenvalue weighted by atomic mass is 10.2.